The van der Waals surface area contributed by atoms with Crippen molar-refractivity contribution in [2.75, 3.05) is 13.2 Å². The number of alkyl carbamates (subject to hydrolysis) is 1. The number of carboxylic acid groups (broad SMARTS) is 1. The van der Waals surface area contributed by atoms with E-state index in [1.807, 2.05) is 30.3 Å². The maximum absolute atomic E-state index is 15.2. The van der Waals surface area contributed by atoms with E-state index in [1.165, 1.54) is 18.7 Å². The molecule has 5 atom stereocenters. The maximum atomic E-state index is 15.2. The third-order valence-electron chi connectivity index (χ3n) is 10.2. The van der Waals surface area contributed by atoms with Gasteiger partial charge in [-0.05, 0) is 61.1 Å². The molecule has 1 aromatic heterocycles. The smallest absolute Gasteiger partial charge is 0.408 e. The molecule has 348 valence electrons. The minimum atomic E-state index is -1.73. The van der Waals surface area contributed by atoms with Crippen LogP contribution in [0.15, 0.2) is 91.1 Å². The van der Waals surface area contributed by atoms with Crippen LogP contribution in [0.3, 0.4) is 0 Å². The number of ether oxygens (including phenoxy) is 1. The average molecular weight is 904 g/mol. The third kappa shape index (κ3) is 14.7. The number of nitrogens with two attached hydrogens (primary N) is 1. The second kappa shape index (κ2) is 23.0. The summed E-state index contributed by atoms with van der Waals surface area (Å²) in [5, 5.41) is 29.8. The zero-order valence-electron chi connectivity index (χ0n) is 36.7. The summed E-state index contributed by atoms with van der Waals surface area (Å²) in [5.41, 5.74) is 6.75. The molecule has 0 radical (unpaired) electrons. The van der Waals surface area contributed by atoms with Crippen LogP contribution in [0, 0.1) is 17.0 Å². The van der Waals surface area contributed by atoms with E-state index in [0.717, 1.165) is 23.8 Å². The van der Waals surface area contributed by atoms with Crippen LogP contribution in [0.1, 0.15) is 70.3 Å². The highest BCUT2D eigenvalue weighted by Crippen LogP contribution is 2.41. The number of carboxylic acids is 1. The SMILES string of the molecule is CC(NC(=O)OCc1ccccc1)C(=O)NC(C)C(=O)NC(CC(N)=O)C(=O)NC(CCN(C(=O)CO)C(c1cc(-c2cc(F)ccc2F)cn1Cc1ccccc1)C(C)(C)C)C(=O)O. The number of nitrogens with one attached hydrogen (secondary N) is 4. The van der Waals surface area contributed by atoms with E-state index in [1.54, 1.807) is 67.9 Å². The molecule has 0 bridgehead atoms. The quantitative estimate of drug-likeness (QED) is 0.0641. The molecule has 1 heterocycles. The van der Waals surface area contributed by atoms with Crippen LogP contribution >= 0.6 is 0 Å². The van der Waals surface area contributed by atoms with Crippen molar-refractivity contribution in [3.8, 4) is 11.1 Å². The molecule has 0 spiro atoms. The zero-order valence-corrected chi connectivity index (χ0v) is 36.7. The van der Waals surface area contributed by atoms with Gasteiger partial charge in [0.15, 0.2) is 0 Å². The van der Waals surface area contributed by atoms with E-state index in [9.17, 15) is 48.2 Å². The van der Waals surface area contributed by atoms with Crippen molar-refractivity contribution in [2.45, 2.75) is 90.8 Å². The zero-order chi connectivity index (χ0) is 48.0. The summed E-state index contributed by atoms with van der Waals surface area (Å²) in [7, 11) is 0. The van der Waals surface area contributed by atoms with Crippen LogP contribution in [0.4, 0.5) is 13.6 Å². The van der Waals surface area contributed by atoms with Crippen LogP contribution in [-0.4, -0.2) is 98.6 Å². The summed E-state index contributed by atoms with van der Waals surface area (Å²) >= 11 is 0. The van der Waals surface area contributed by atoms with Crippen LogP contribution in [-0.2, 0) is 46.7 Å². The van der Waals surface area contributed by atoms with Crippen LogP contribution in [0.25, 0.3) is 11.1 Å². The van der Waals surface area contributed by atoms with Crippen LogP contribution in [0.5, 0.6) is 0 Å². The number of nitrogens with zero attached hydrogens (tertiary/aromatic N) is 2. The normalized spacial score (nSPS) is 13.5. The molecule has 17 nitrogen and oxygen atoms in total. The van der Waals surface area contributed by atoms with Crippen molar-refractivity contribution in [1.29, 1.82) is 0 Å². The van der Waals surface area contributed by atoms with Gasteiger partial charge in [-0.15, -0.1) is 0 Å². The van der Waals surface area contributed by atoms with Crippen molar-refractivity contribution in [2.24, 2.45) is 11.1 Å². The predicted octanol–water partition coefficient (Wildman–Crippen LogP) is 3.53. The topological polar surface area (TPSA) is 251 Å². The molecule has 3 aromatic carbocycles. The fraction of sp³-hybridized carbons (Fsp3) is 0.370. The number of amides is 6. The molecule has 6 amide bonds. The van der Waals surface area contributed by atoms with E-state index in [4.69, 9.17) is 10.5 Å². The molecule has 4 rings (SSSR count). The Bertz CT molecular complexity index is 2320. The molecule has 8 N–H and O–H groups in total. The average Bonchev–Trinajstić information content (AvgIpc) is 3.65. The molecule has 0 saturated carbocycles. The number of aliphatic hydroxyl groups is 1. The number of primary amides is 1. The number of hydrogen-bond acceptors (Lipinski definition) is 9. The third-order valence-corrected chi connectivity index (χ3v) is 10.2. The van der Waals surface area contributed by atoms with Crippen molar-refractivity contribution in [3.05, 3.63) is 120 Å². The van der Waals surface area contributed by atoms with E-state index in [2.05, 4.69) is 21.3 Å². The van der Waals surface area contributed by atoms with Gasteiger partial charge in [-0.25, -0.2) is 18.4 Å². The number of rotatable bonds is 21. The summed E-state index contributed by atoms with van der Waals surface area (Å²) in [6, 6.07) is 15.7. The number of carbonyl (C=O) groups is 7. The molecule has 0 aliphatic heterocycles. The number of aliphatic carboxylic acids is 1. The summed E-state index contributed by atoms with van der Waals surface area (Å²) < 4.78 is 36.5. The van der Waals surface area contributed by atoms with Gasteiger partial charge in [0, 0.05) is 36.1 Å². The Kier molecular flexibility index (Phi) is 17.8. The first kappa shape index (κ1) is 50.5. The predicted molar refractivity (Wildman–Crippen MR) is 233 cm³/mol. The standard InChI is InChI=1S/C46H55F2N7O10/c1-27(50-41(59)28(2)51-45(64)65-26-30-14-10-7-11-15-30)42(60)53-36(22-38(49)57)43(61)52-35(44(62)63)18-19-55(39(58)25-56)40(46(3,4)5)37-20-31(33-21-32(47)16-17-34(33)48)24-54(37)23-29-12-8-6-9-13-29/h6-17,20-21,24,27-28,35-36,40,56H,18-19,22-23,25-26H2,1-5H3,(H2,49,57)(H,50,59)(H,51,64)(H,52,61)(H,53,60)(H,62,63). The van der Waals surface area contributed by atoms with Gasteiger partial charge in [0.05, 0.1) is 12.5 Å². The molecule has 65 heavy (non-hydrogen) atoms. The number of aliphatic hydroxyl groups excluding tert-OH is 1. The van der Waals surface area contributed by atoms with E-state index >= 15 is 4.39 Å². The first-order valence-corrected chi connectivity index (χ1v) is 20.7. The Morgan fingerprint density at radius 1 is 0.785 bits per heavy atom. The van der Waals surface area contributed by atoms with E-state index in [-0.39, 0.29) is 30.8 Å². The van der Waals surface area contributed by atoms with Crippen LogP contribution < -0.4 is 27.0 Å². The lowest BCUT2D eigenvalue weighted by Gasteiger charge is -2.41. The molecule has 19 heteroatoms. The number of carbonyl (C=O) groups excluding carboxylic acids is 6. The fourth-order valence-corrected chi connectivity index (χ4v) is 7.02. The molecular formula is C46H55F2N7O10. The highest BCUT2D eigenvalue weighted by atomic mass is 19.1. The molecule has 5 unspecified atom stereocenters. The Labute approximate surface area is 374 Å². The van der Waals surface area contributed by atoms with Crippen molar-refractivity contribution >= 4 is 41.6 Å². The van der Waals surface area contributed by atoms with Gasteiger partial charge < -0.3 is 51.4 Å². The lowest BCUT2D eigenvalue weighted by molar-refractivity contribution is -0.145. The molecule has 0 fully saturated rings. The molecule has 0 aliphatic rings. The van der Waals surface area contributed by atoms with Gasteiger partial charge in [-0.3, -0.25) is 24.0 Å². The highest BCUT2D eigenvalue weighted by molar-refractivity contribution is 5.96. The lowest BCUT2D eigenvalue weighted by Crippen LogP contribution is -2.57. The number of halogens is 2. The molecule has 4 aromatic rings. The largest absolute Gasteiger partial charge is 0.480 e. The van der Waals surface area contributed by atoms with Gasteiger partial charge in [-0.1, -0.05) is 81.4 Å². The van der Waals surface area contributed by atoms with Gasteiger partial charge in [0.1, 0.15) is 49.0 Å². The highest BCUT2D eigenvalue weighted by Gasteiger charge is 2.38. The van der Waals surface area contributed by atoms with Crippen LogP contribution in [0.2, 0.25) is 0 Å². The Balaban J connectivity index is 1.52. The van der Waals surface area contributed by atoms with Gasteiger partial charge in [0.25, 0.3) is 0 Å². The summed E-state index contributed by atoms with van der Waals surface area (Å²) in [6.07, 6.45) is -0.514. The summed E-state index contributed by atoms with van der Waals surface area (Å²) in [6.45, 7) is 6.80. The van der Waals surface area contributed by atoms with Gasteiger partial charge in [0.2, 0.25) is 29.5 Å². The first-order valence-electron chi connectivity index (χ1n) is 20.7. The molecule has 0 aliphatic carbocycles. The Hall–Kier alpha value is -7.15. The van der Waals surface area contributed by atoms with Gasteiger partial charge >= 0.3 is 12.1 Å². The first-order chi connectivity index (χ1) is 30.7. The lowest BCUT2D eigenvalue weighted by atomic mass is 9.82. The maximum Gasteiger partial charge on any atom is 0.408 e. The number of aromatic nitrogens is 1. The van der Waals surface area contributed by atoms with E-state index < -0.39 is 108 Å². The van der Waals surface area contributed by atoms with E-state index in [0.29, 0.717) is 11.3 Å². The second-order valence-electron chi connectivity index (χ2n) is 16.5. The minimum Gasteiger partial charge on any atom is -0.480 e. The Morgan fingerprint density at radius 2 is 1.37 bits per heavy atom. The van der Waals surface area contributed by atoms with Crippen molar-refractivity contribution in [3.63, 3.8) is 0 Å². The molecular weight excluding hydrogens is 849 g/mol. The fourth-order valence-electron chi connectivity index (χ4n) is 7.02. The summed E-state index contributed by atoms with van der Waals surface area (Å²) in [5.74, 6) is -7.67. The number of hydrogen-bond donors (Lipinski definition) is 7. The monoisotopic (exact) mass is 903 g/mol. The van der Waals surface area contributed by atoms with Crippen molar-refractivity contribution < 1.29 is 57.3 Å². The Morgan fingerprint density at radius 3 is 1.95 bits per heavy atom. The van der Waals surface area contributed by atoms with Gasteiger partial charge in [-0.2, -0.15) is 0 Å². The minimum absolute atomic E-state index is 0.0443. The molecule has 0 saturated heterocycles. The number of benzene rings is 3. The van der Waals surface area contributed by atoms with Crippen molar-refractivity contribution in [1.82, 2.24) is 30.7 Å². The second-order valence-corrected chi connectivity index (χ2v) is 16.5. The summed E-state index contributed by atoms with van der Waals surface area (Å²) in [4.78, 5) is 91.5.